The molecule has 0 aromatic heterocycles. The van der Waals surface area contributed by atoms with Crippen LogP contribution in [-0.4, -0.2) is 24.9 Å². The van der Waals surface area contributed by atoms with Crippen LogP contribution in [0.2, 0.25) is 0 Å². The minimum absolute atomic E-state index is 0.0117. The van der Waals surface area contributed by atoms with Gasteiger partial charge in [0.2, 0.25) is 0 Å². The number of hydrogen-bond donors (Lipinski definition) is 1. The number of halogens is 1. The topological polar surface area (TPSA) is 44.5 Å². The van der Waals surface area contributed by atoms with E-state index in [-0.39, 0.29) is 11.6 Å². The van der Waals surface area contributed by atoms with Gasteiger partial charge in [0, 0.05) is 23.5 Å². The second-order valence-electron chi connectivity index (χ2n) is 5.73. The number of nitrogens with two attached hydrogens (primary N) is 1. The average Bonchev–Trinajstić information content (AvgIpc) is 2.98. The molecule has 1 fully saturated rings. The van der Waals surface area contributed by atoms with Crippen molar-refractivity contribution >= 4 is 15.9 Å². The SMILES string of the molecule is CC1(C(N)Cc2cc(Br)cc3c2OCC3)CCCO1. The Hall–Kier alpha value is -0.580. The zero-order valence-electron chi connectivity index (χ0n) is 11.2. The van der Waals surface area contributed by atoms with E-state index in [2.05, 4.69) is 35.0 Å². The lowest BCUT2D eigenvalue weighted by Crippen LogP contribution is -2.46. The summed E-state index contributed by atoms with van der Waals surface area (Å²) in [6.07, 6.45) is 3.95. The molecule has 2 unspecified atom stereocenters. The normalized spacial score (nSPS) is 27.1. The Balaban J connectivity index is 1.83. The van der Waals surface area contributed by atoms with Crippen LogP contribution in [0.5, 0.6) is 5.75 Å². The van der Waals surface area contributed by atoms with Gasteiger partial charge in [-0.2, -0.15) is 0 Å². The molecular weight excluding hydrogens is 306 g/mol. The second-order valence-corrected chi connectivity index (χ2v) is 6.64. The van der Waals surface area contributed by atoms with E-state index in [4.69, 9.17) is 15.2 Å². The molecule has 0 saturated carbocycles. The van der Waals surface area contributed by atoms with Crippen molar-refractivity contribution < 1.29 is 9.47 Å². The Morgan fingerprint density at radius 2 is 2.26 bits per heavy atom. The molecule has 3 rings (SSSR count). The molecule has 1 aromatic carbocycles. The van der Waals surface area contributed by atoms with Gasteiger partial charge in [-0.3, -0.25) is 0 Å². The van der Waals surface area contributed by atoms with E-state index in [1.807, 2.05) is 0 Å². The largest absolute Gasteiger partial charge is 0.493 e. The second kappa shape index (κ2) is 5.08. The highest BCUT2D eigenvalue weighted by molar-refractivity contribution is 9.10. The molecule has 0 bridgehead atoms. The van der Waals surface area contributed by atoms with Gasteiger partial charge in [-0.1, -0.05) is 15.9 Å². The number of hydrogen-bond acceptors (Lipinski definition) is 3. The lowest BCUT2D eigenvalue weighted by atomic mass is 9.88. The quantitative estimate of drug-likeness (QED) is 0.929. The number of rotatable bonds is 3. The summed E-state index contributed by atoms with van der Waals surface area (Å²) in [6.45, 7) is 3.74. The predicted molar refractivity (Wildman–Crippen MR) is 78.6 cm³/mol. The van der Waals surface area contributed by atoms with Crippen molar-refractivity contribution in [3.8, 4) is 5.75 Å². The molecule has 2 N–H and O–H groups in total. The van der Waals surface area contributed by atoms with E-state index >= 15 is 0 Å². The molecule has 2 atom stereocenters. The third kappa shape index (κ3) is 2.54. The van der Waals surface area contributed by atoms with Crippen LogP contribution in [0.4, 0.5) is 0 Å². The van der Waals surface area contributed by atoms with Crippen LogP contribution in [0.25, 0.3) is 0 Å². The molecule has 0 spiro atoms. The van der Waals surface area contributed by atoms with Crippen molar-refractivity contribution in [2.45, 2.75) is 44.2 Å². The van der Waals surface area contributed by atoms with Gasteiger partial charge in [0.15, 0.2) is 0 Å². The molecule has 0 aliphatic carbocycles. The zero-order valence-corrected chi connectivity index (χ0v) is 12.8. The van der Waals surface area contributed by atoms with E-state index in [0.29, 0.717) is 0 Å². The fraction of sp³-hybridized carbons (Fsp3) is 0.600. The molecule has 2 aliphatic rings. The molecule has 4 heteroatoms. The molecule has 104 valence electrons. The van der Waals surface area contributed by atoms with Crippen molar-refractivity contribution in [1.82, 2.24) is 0 Å². The van der Waals surface area contributed by atoms with Crippen LogP contribution in [0.15, 0.2) is 16.6 Å². The van der Waals surface area contributed by atoms with Gasteiger partial charge in [-0.15, -0.1) is 0 Å². The maximum Gasteiger partial charge on any atom is 0.125 e. The van der Waals surface area contributed by atoms with Crippen molar-refractivity contribution in [3.05, 3.63) is 27.7 Å². The lowest BCUT2D eigenvalue weighted by Gasteiger charge is -2.30. The van der Waals surface area contributed by atoms with Crippen LogP contribution < -0.4 is 10.5 Å². The zero-order chi connectivity index (χ0) is 13.5. The van der Waals surface area contributed by atoms with Gasteiger partial charge in [0.1, 0.15) is 5.75 Å². The van der Waals surface area contributed by atoms with E-state index < -0.39 is 0 Å². The number of fused-ring (bicyclic) bond motifs is 1. The maximum atomic E-state index is 6.39. The number of benzene rings is 1. The fourth-order valence-electron chi connectivity index (χ4n) is 3.04. The summed E-state index contributed by atoms with van der Waals surface area (Å²) in [6, 6.07) is 4.28. The number of ether oxygens (including phenoxy) is 2. The molecule has 2 heterocycles. The van der Waals surface area contributed by atoms with Crippen molar-refractivity contribution in [2.75, 3.05) is 13.2 Å². The van der Waals surface area contributed by atoms with Gasteiger partial charge < -0.3 is 15.2 Å². The fourth-order valence-corrected chi connectivity index (χ4v) is 3.60. The van der Waals surface area contributed by atoms with Crippen LogP contribution in [-0.2, 0) is 17.6 Å². The summed E-state index contributed by atoms with van der Waals surface area (Å²) >= 11 is 3.57. The average molecular weight is 326 g/mol. The summed E-state index contributed by atoms with van der Waals surface area (Å²) in [7, 11) is 0. The molecule has 0 amide bonds. The molecule has 19 heavy (non-hydrogen) atoms. The molecule has 0 radical (unpaired) electrons. The molecule has 1 aromatic rings. The first-order valence-corrected chi connectivity index (χ1v) is 7.71. The van der Waals surface area contributed by atoms with Crippen LogP contribution in [0, 0.1) is 0 Å². The third-order valence-corrected chi connectivity index (χ3v) is 4.76. The Morgan fingerprint density at radius 3 is 3.00 bits per heavy atom. The van der Waals surface area contributed by atoms with Crippen LogP contribution in [0.3, 0.4) is 0 Å². The first-order valence-electron chi connectivity index (χ1n) is 6.92. The maximum absolute atomic E-state index is 6.39. The van der Waals surface area contributed by atoms with E-state index in [1.54, 1.807) is 0 Å². The highest BCUT2D eigenvalue weighted by Crippen LogP contribution is 2.36. The van der Waals surface area contributed by atoms with E-state index in [1.165, 1.54) is 11.1 Å². The first-order chi connectivity index (χ1) is 9.08. The van der Waals surface area contributed by atoms with Gasteiger partial charge >= 0.3 is 0 Å². The predicted octanol–water partition coefficient (Wildman–Crippen LogP) is 2.82. The lowest BCUT2D eigenvalue weighted by molar-refractivity contribution is -0.00101. The van der Waals surface area contributed by atoms with Crippen LogP contribution >= 0.6 is 15.9 Å². The smallest absolute Gasteiger partial charge is 0.125 e. The summed E-state index contributed by atoms with van der Waals surface area (Å²) in [5, 5.41) is 0. The van der Waals surface area contributed by atoms with E-state index in [0.717, 1.165) is 49.1 Å². The molecular formula is C15H20BrNO2. The Morgan fingerprint density at radius 1 is 1.42 bits per heavy atom. The highest BCUT2D eigenvalue weighted by Gasteiger charge is 2.36. The molecule has 3 nitrogen and oxygen atoms in total. The van der Waals surface area contributed by atoms with Gasteiger partial charge in [-0.05, 0) is 49.4 Å². The van der Waals surface area contributed by atoms with Gasteiger partial charge in [0.25, 0.3) is 0 Å². The highest BCUT2D eigenvalue weighted by atomic mass is 79.9. The minimum Gasteiger partial charge on any atom is -0.493 e. The third-order valence-electron chi connectivity index (χ3n) is 4.30. The Kier molecular flexibility index (Phi) is 3.58. The van der Waals surface area contributed by atoms with Crippen molar-refractivity contribution in [1.29, 1.82) is 0 Å². The first kappa shape index (κ1) is 13.4. The molecule has 2 aliphatic heterocycles. The summed E-state index contributed by atoms with van der Waals surface area (Å²) in [5.74, 6) is 1.04. The van der Waals surface area contributed by atoms with E-state index in [9.17, 15) is 0 Å². The van der Waals surface area contributed by atoms with Crippen molar-refractivity contribution in [3.63, 3.8) is 0 Å². The van der Waals surface area contributed by atoms with Crippen molar-refractivity contribution in [2.24, 2.45) is 5.73 Å². The monoisotopic (exact) mass is 325 g/mol. The van der Waals surface area contributed by atoms with Gasteiger partial charge in [0.05, 0.1) is 12.2 Å². The van der Waals surface area contributed by atoms with Crippen LogP contribution in [0.1, 0.15) is 30.9 Å². The summed E-state index contributed by atoms with van der Waals surface area (Å²) in [5.41, 5.74) is 8.69. The van der Waals surface area contributed by atoms with Gasteiger partial charge in [-0.25, -0.2) is 0 Å². The minimum atomic E-state index is -0.187. The summed E-state index contributed by atoms with van der Waals surface area (Å²) < 4.78 is 12.7. The Labute approximate surface area is 122 Å². The Bertz CT molecular complexity index is 483. The molecule has 1 saturated heterocycles. The summed E-state index contributed by atoms with van der Waals surface area (Å²) in [4.78, 5) is 0. The standard InChI is InChI=1S/C15H20BrNO2/c1-15(4-2-5-19-15)13(17)9-11-8-12(16)7-10-3-6-18-14(10)11/h7-8,13H,2-6,9,17H2,1H3.